The van der Waals surface area contributed by atoms with Crippen LogP contribution < -0.4 is 10.2 Å². The summed E-state index contributed by atoms with van der Waals surface area (Å²) in [5, 5.41) is 5.57. The van der Waals surface area contributed by atoms with Crippen molar-refractivity contribution in [3.8, 4) is 0 Å². The monoisotopic (exact) mass is 487 g/mol. The van der Waals surface area contributed by atoms with Crippen molar-refractivity contribution >= 4 is 33.7 Å². The molecule has 1 saturated carbocycles. The van der Waals surface area contributed by atoms with E-state index in [4.69, 9.17) is 4.98 Å². The van der Waals surface area contributed by atoms with E-state index in [-0.39, 0.29) is 5.91 Å². The molecule has 33 heavy (non-hydrogen) atoms. The molecule has 4 heterocycles. The lowest BCUT2D eigenvalue weighted by Crippen LogP contribution is -2.38. The predicted molar refractivity (Wildman–Crippen MR) is 136 cm³/mol. The largest absolute Gasteiger partial charge is 0.353 e. The lowest BCUT2D eigenvalue weighted by atomic mass is 9.84. The van der Waals surface area contributed by atoms with Crippen LogP contribution >= 0.6 is 22.7 Å². The molecule has 0 radical (unpaired) electrons. The fraction of sp³-hybridized carbons (Fsp3) is 0.720. The molecule has 0 bridgehead atoms. The Morgan fingerprint density at radius 3 is 2.64 bits per heavy atom. The van der Waals surface area contributed by atoms with Crippen LogP contribution in [0.15, 0.2) is 6.20 Å². The molecule has 1 saturated heterocycles. The Labute approximate surface area is 205 Å². The van der Waals surface area contributed by atoms with Crippen molar-refractivity contribution in [2.24, 2.45) is 5.92 Å². The molecule has 0 aromatic carbocycles. The van der Waals surface area contributed by atoms with Crippen molar-refractivity contribution in [2.75, 3.05) is 37.6 Å². The van der Waals surface area contributed by atoms with Gasteiger partial charge in [0.1, 0.15) is 0 Å². The van der Waals surface area contributed by atoms with Gasteiger partial charge >= 0.3 is 0 Å². The zero-order chi connectivity index (χ0) is 22.6. The van der Waals surface area contributed by atoms with Gasteiger partial charge in [-0.25, -0.2) is 9.97 Å². The molecule has 1 N–H and O–H groups in total. The maximum Gasteiger partial charge on any atom is 0.225 e. The smallest absolute Gasteiger partial charge is 0.225 e. The number of fused-ring (bicyclic) bond motifs is 1. The minimum atomic E-state index is 0.153. The van der Waals surface area contributed by atoms with Gasteiger partial charge in [-0.3, -0.25) is 4.79 Å². The second kappa shape index (κ2) is 10.8. The van der Waals surface area contributed by atoms with E-state index in [1.165, 1.54) is 80.4 Å². The summed E-state index contributed by atoms with van der Waals surface area (Å²) in [6, 6.07) is 0.354. The fourth-order valence-corrected chi connectivity index (χ4v) is 7.49. The Kier molecular flexibility index (Phi) is 7.62. The van der Waals surface area contributed by atoms with Crippen molar-refractivity contribution in [1.29, 1.82) is 0 Å². The van der Waals surface area contributed by atoms with Crippen LogP contribution in [0.25, 0.3) is 0 Å². The number of amides is 1. The quantitative estimate of drug-likeness (QED) is 0.634. The van der Waals surface area contributed by atoms with Crippen LogP contribution in [0.5, 0.6) is 0 Å². The number of carbonyl (C=O) groups excluding carboxylic acids is 1. The van der Waals surface area contributed by atoms with Gasteiger partial charge in [-0.1, -0.05) is 0 Å². The third-order valence-electron chi connectivity index (χ3n) is 7.53. The highest BCUT2D eigenvalue weighted by molar-refractivity contribution is 7.15. The van der Waals surface area contributed by atoms with Crippen LogP contribution in [-0.2, 0) is 24.1 Å². The van der Waals surface area contributed by atoms with Gasteiger partial charge in [-0.15, -0.1) is 22.7 Å². The van der Waals surface area contributed by atoms with E-state index < -0.39 is 0 Å². The van der Waals surface area contributed by atoms with Gasteiger partial charge in [0.15, 0.2) is 5.13 Å². The van der Waals surface area contributed by atoms with Crippen LogP contribution in [0.3, 0.4) is 0 Å². The zero-order valence-corrected chi connectivity index (χ0v) is 21.5. The Balaban J connectivity index is 1.00. The van der Waals surface area contributed by atoms with E-state index >= 15 is 0 Å². The Morgan fingerprint density at radius 1 is 1.09 bits per heavy atom. The zero-order valence-electron chi connectivity index (χ0n) is 19.9. The topological polar surface area (TPSA) is 61.4 Å². The summed E-state index contributed by atoms with van der Waals surface area (Å²) in [6.45, 7) is 7.91. The maximum absolute atomic E-state index is 12.4. The summed E-state index contributed by atoms with van der Waals surface area (Å²) < 4.78 is 0. The summed E-state index contributed by atoms with van der Waals surface area (Å²) >= 11 is 3.57. The second-order valence-corrected chi connectivity index (χ2v) is 12.4. The number of nitrogens with one attached hydrogen (secondary N) is 1. The van der Waals surface area contributed by atoms with Gasteiger partial charge < -0.3 is 15.1 Å². The van der Waals surface area contributed by atoms with Gasteiger partial charge in [-0.2, -0.15) is 0 Å². The first-order valence-corrected chi connectivity index (χ1v) is 14.4. The highest BCUT2D eigenvalue weighted by atomic mass is 32.1. The number of thiazole rings is 2. The normalized spacial score (nSPS) is 24.0. The molecule has 2 aromatic rings. The number of carbonyl (C=O) groups is 1. The van der Waals surface area contributed by atoms with Gasteiger partial charge in [0.25, 0.3) is 0 Å². The molecule has 0 atom stereocenters. The standard InChI is InChI=1S/C25H37N5OS2/c1-18-26-17-21(32-18)16-24(31)27-20-6-4-19(5-7-20)8-13-29-14-9-22-23(10-15-29)33-25(28-22)30-11-2-3-12-30/h17,19-20H,2-16H2,1H3,(H,27,31)/t19-,20-. The van der Waals surface area contributed by atoms with E-state index in [0.29, 0.717) is 12.5 Å². The van der Waals surface area contributed by atoms with Crippen LogP contribution in [0.2, 0.25) is 0 Å². The van der Waals surface area contributed by atoms with Crippen LogP contribution in [0, 0.1) is 12.8 Å². The third kappa shape index (κ3) is 6.14. The average molecular weight is 488 g/mol. The molecule has 8 heteroatoms. The molecular weight excluding hydrogens is 450 g/mol. The summed E-state index contributed by atoms with van der Waals surface area (Å²) in [7, 11) is 0. The fourth-order valence-electron chi connectivity index (χ4n) is 5.55. The number of hydrogen-bond acceptors (Lipinski definition) is 7. The van der Waals surface area contributed by atoms with Gasteiger partial charge in [-0.05, 0) is 70.8 Å². The van der Waals surface area contributed by atoms with Crippen molar-refractivity contribution in [3.63, 3.8) is 0 Å². The van der Waals surface area contributed by atoms with E-state index in [9.17, 15) is 4.79 Å². The Morgan fingerprint density at radius 2 is 1.88 bits per heavy atom. The van der Waals surface area contributed by atoms with Crippen molar-refractivity contribution < 1.29 is 4.79 Å². The lowest BCUT2D eigenvalue weighted by Gasteiger charge is -2.30. The van der Waals surface area contributed by atoms with E-state index in [1.807, 2.05) is 24.5 Å². The van der Waals surface area contributed by atoms with Gasteiger partial charge in [0.2, 0.25) is 5.91 Å². The molecule has 6 nitrogen and oxygen atoms in total. The highest BCUT2D eigenvalue weighted by Crippen LogP contribution is 2.32. The average Bonchev–Trinajstić information content (AvgIpc) is 3.54. The number of nitrogens with zero attached hydrogens (tertiary/aromatic N) is 4. The molecule has 180 valence electrons. The number of rotatable bonds is 7. The number of aryl methyl sites for hydroxylation is 1. The molecular formula is C25H37N5OS2. The summed E-state index contributed by atoms with van der Waals surface area (Å²) in [6.07, 6.45) is 13.2. The summed E-state index contributed by atoms with van der Waals surface area (Å²) in [5.41, 5.74) is 1.37. The Hall–Kier alpha value is -1.51. The van der Waals surface area contributed by atoms with E-state index in [0.717, 1.165) is 41.6 Å². The molecule has 0 spiro atoms. The SMILES string of the molecule is Cc1ncc(CC(=O)N[C@H]2CC[C@H](CCN3CCc4nc(N5CCCC5)sc4CC3)CC2)s1. The van der Waals surface area contributed by atoms with Crippen molar-refractivity contribution in [3.05, 3.63) is 26.7 Å². The first-order valence-electron chi connectivity index (χ1n) is 12.8. The van der Waals surface area contributed by atoms with Crippen LogP contribution in [-0.4, -0.2) is 59.5 Å². The minimum Gasteiger partial charge on any atom is -0.353 e. The first-order chi connectivity index (χ1) is 16.1. The summed E-state index contributed by atoms with van der Waals surface area (Å²) in [4.78, 5) is 29.4. The minimum absolute atomic E-state index is 0.153. The number of anilines is 1. The molecule has 0 unspecified atom stereocenters. The molecule has 2 aromatic heterocycles. The second-order valence-electron chi connectivity index (χ2n) is 10.00. The maximum atomic E-state index is 12.4. The molecule has 3 aliphatic rings. The lowest BCUT2D eigenvalue weighted by molar-refractivity contribution is -0.121. The van der Waals surface area contributed by atoms with Gasteiger partial charge in [0, 0.05) is 54.6 Å². The van der Waals surface area contributed by atoms with E-state index in [2.05, 4.69) is 20.1 Å². The molecule has 1 aliphatic carbocycles. The third-order valence-corrected chi connectivity index (χ3v) is 9.66. The van der Waals surface area contributed by atoms with E-state index in [1.54, 1.807) is 11.3 Å². The highest BCUT2D eigenvalue weighted by Gasteiger charge is 2.25. The molecule has 2 fully saturated rings. The first kappa shape index (κ1) is 23.2. The number of aromatic nitrogens is 2. The summed E-state index contributed by atoms with van der Waals surface area (Å²) in [5.74, 6) is 0.958. The molecule has 2 aliphatic heterocycles. The Bertz CT molecular complexity index is 902. The molecule has 5 rings (SSSR count). The van der Waals surface area contributed by atoms with Crippen molar-refractivity contribution in [1.82, 2.24) is 20.2 Å². The van der Waals surface area contributed by atoms with Gasteiger partial charge in [0.05, 0.1) is 17.1 Å². The number of hydrogen-bond donors (Lipinski definition) is 1. The molecule has 1 amide bonds. The van der Waals surface area contributed by atoms with Crippen molar-refractivity contribution in [2.45, 2.75) is 77.2 Å². The van der Waals surface area contributed by atoms with Crippen LogP contribution in [0.4, 0.5) is 5.13 Å². The van der Waals surface area contributed by atoms with Crippen LogP contribution in [0.1, 0.15) is 65.4 Å². The predicted octanol–water partition coefficient (Wildman–Crippen LogP) is 4.22.